The fourth-order valence-electron chi connectivity index (χ4n) is 3.01. The monoisotopic (exact) mass is 326 g/mol. The number of hydrogen-bond donors (Lipinski definition) is 2. The van der Waals surface area contributed by atoms with Gasteiger partial charge in [0.1, 0.15) is 11.5 Å². The van der Waals surface area contributed by atoms with Crippen molar-refractivity contribution < 1.29 is 14.3 Å². The van der Waals surface area contributed by atoms with Gasteiger partial charge in [0, 0.05) is 29.9 Å². The molecule has 0 fully saturated rings. The molecule has 0 unspecified atom stereocenters. The number of hydrogen-bond acceptors (Lipinski definition) is 4. The van der Waals surface area contributed by atoms with Gasteiger partial charge in [-0.1, -0.05) is 6.07 Å². The Labute approximate surface area is 142 Å². The third kappa shape index (κ3) is 3.30. The van der Waals surface area contributed by atoms with Crippen molar-refractivity contribution in [1.29, 1.82) is 0 Å². The first-order chi connectivity index (χ1) is 11.7. The maximum atomic E-state index is 12.6. The summed E-state index contributed by atoms with van der Waals surface area (Å²) >= 11 is 0. The normalized spacial score (nSPS) is 12.8. The first-order valence-corrected chi connectivity index (χ1v) is 8.08. The van der Waals surface area contributed by atoms with E-state index in [9.17, 15) is 4.79 Å². The van der Waals surface area contributed by atoms with E-state index >= 15 is 0 Å². The number of anilines is 1. The molecule has 5 nitrogen and oxygen atoms in total. The van der Waals surface area contributed by atoms with Gasteiger partial charge in [-0.3, -0.25) is 4.79 Å². The van der Waals surface area contributed by atoms with Gasteiger partial charge in [0.2, 0.25) is 0 Å². The van der Waals surface area contributed by atoms with E-state index in [2.05, 4.69) is 10.6 Å². The van der Waals surface area contributed by atoms with Crippen LogP contribution in [0, 0.1) is 0 Å². The van der Waals surface area contributed by atoms with E-state index < -0.39 is 0 Å². The second-order valence-corrected chi connectivity index (χ2v) is 5.72. The SMILES string of the molecule is COc1ccc(OC)c(CNC(=O)c2cccc3c2CCCN3)c1. The Morgan fingerprint density at radius 1 is 1.21 bits per heavy atom. The molecule has 0 saturated heterocycles. The van der Waals surface area contributed by atoms with E-state index in [0.717, 1.165) is 53.3 Å². The quantitative estimate of drug-likeness (QED) is 0.887. The third-order valence-corrected chi connectivity index (χ3v) is 4.27. The van der Waals surface area contributed by atoms with Gasteiger partial charge < -0.3 is 20.1 Å². The molecule has 5 heteroatoms. The maximum absolute atomic E-state index is 12.6. The number of methoxy groups -OCH3 is 2. The lowest BCUT2D eigenvalue weighted by molar-refractivity contribution is 0.0949. The van der Waals surface area contributed by atoms with Crippen LogP contribution >= 0.6 is 0 Å². The molecule has 3 rings (SSSR count). The minimum Gasteiger partial charge on any atom is -0.497 e. The van der Waals surface area contributed by atoms with Crippen molar-refractivity contribution in [3.8, 4) is 11.5 Å². The molecule has 0 spiro atoms. The van der Waals surface area contributed by atoms with Crippen molar-refractivity contribution >= 4 is 11.6 Å². The fraction of sp³-hybridized carbons (Fsp3) is 0.316. The van der Waals surface area contributed by atoms with E-state index in [4.69, 9.17) is 9.47 Å². The van der Waals surface area contributed by atoms with Crippen LogP contribution < -0.4 is 20.1 Å². The van der Waals surface area contributed by atoms with Crippen LogP contribution in [0.25, 0.3) is 0 Å². The fourth-order valence-corrected chi connectivity index (χ4v) is 3.01. The van der Waals surface area contributed by atoms with Crippen molar-refractivity contribution in [2.75, 3.05) is 26.1 Å². The highest BCUT2D eigenvalue weighted by molar-refractivity contribution is 5.97. The van der Waals surface area contributed by atoms with Crippen molar-refractivity contribution in [2.24, 2.45) is 0 Å². The second-order valence-electron chi connectivity index (χ2n) is 5.72. The molecule has 1 aliphatic rings. The third-order valence-electron chi connectivity index (χ3n) is 4.27. The molecule has 1 amide bonds. The smallest absolute Gasteiger partial charge is 0.251 e. The van der Waals surface area contributed by atoms with Crippen molar-refractivity contribution in [3.05, 3.63) is 53.1 Å². The predicted molar refractivity (Wildman–Crippen MR) is 94.0 cm³/mol. The number of fused-ring (bicyclic) bond motifs is 1. The molecule has 2 aromatic carbocycles. The molecule has 0 radical (unpaired) electrons. The predicted octanol–water partition coefficient (Wildman–Crippen LogP) is 2.99. The molecule has 1 heterocycles. The molecule has 24 heavy (non-hydrogen) atoms. The molecule has 2 N–H and O–H groups in total. The minimum absolute atomic E-state index is 0.0691. The van der Waals surface area contributed by atoms with Crippen molar-refractivity contribution in [3.63, 3.8) is 0 Å². The van der Waals surface area contributed by atoms with Crippen LogP contribution in [0.2, 0.25) is 0 Å². The summed E-state index contributed by atoms with van der Waals surface area (Å²) in [6.07, 6.45) is 1.97. The Kier molecular flexibility index (Phi) is 4.89. The average Bonchev–Trinajstić information content (AvgIpc) is 2.65. The van der Waals surface area contributed by atoms with Crippen molar-refractivity contribution in [2.45, 2.75) is 19.4 Å². The zero-order valence-corrected chi connectivity index (χ0v) is 14.0. The number of ether oxygens (including phenoxy) is 2. The summed E-state index contributed by atoms with van der Waals surface area (Å²) in [5.41, 5.74) is 3.78. The summed E-state index contributed by atoms with van der Waals surface area (Å²) < 4.78 is 10.6. The van der Waals surface area contributed by atoms with Crippen LogP contribution in [-0.4, -0.2) is 26.7 Å². The Bertz CT molecular complexity index is 743. The summed E-state index contributed by atoms with van der Waals surface area (Å²) in [4.78, 5) is 12.6. The molecule has 0 bridgehead atoms. The zero-order valence-electron chi connectivity index (χ0n) is 14.0. The van der Waals surface area contributed by atoms with Gasteiger partial charge in [0.15, 0.2) is 0 Å². The van der Waals surface area contributed by atoms with Crippen LogP contribution in [0.1, 0.15) is 27.9 Å². The van der Waals surface area contributed by atoms with Crippen LogP contribution in [0.4, 0.5) is 5.69 Å². The first kappa shape index (κ1) is 16.2. The lowest BCUT2D eigenvalue weighted by atomic mass is 9.97. The molecule has 0 atom stereocenters. The Hall–Kier alpha value is -2.69. The summed E-state index contributed by atoms with van der Waals surface area (Å²) in [6, 6.07) is 11.4. The van der Waals surface area contributed by atoms with E-state index in [-0.39, 0.29) is 5.91 Å². The van der Waals surface area contributed by atoms with Crippen LogP contribution in [0.5, 0.6) is 11.5 Å². The molecule has 0 aromatic heterocycles. The van der Waals surface area contributed by atoms with Gasteiger partial charge in [0.25, 0.3) is 5.91 Å². The second kappa shape index (κ2) is 7.25. The van der Waals surface area contributed by atoms with E-state index in [1.807, 2.05) is 36.4 Å². The Morgan fingerprint density at radius 3 is 2.88 bits per heavy atom. The molecule has 0 saturated carbocycles. The van der Waals surface area contributed by atoms with Gasteiger partial charge in [-0.25, -0.2) is 0 Å². The van der Waals surface area contributed by atoms with E-state index in [1.165, 1.54) is 0 Å². The van der Waals surface area contributed by atoms with Crippen LogP contribution in [0.3, 0.4) is 0 Å². The topological polar surface area (TPSA) is 59.6 Å². The summed E-state index contributed by atoms with van der Waals surface area (Å²) in [6.45, 7) is 1.34. The molecular formula is C19H22N2O3. The van der Waals surface area contributed by atoms with Gasteiger partial charge in [0.05, 0.1) is 14.2 Å². The lowest BCUT2D eigenvalue weighted by Crippen LogP contribution is -2.26. The zero-order chi connectivity index (χ0) is 16.9. The lowest BCUT2D eigenvalue weighted by Gasteiger charge is -2.20. The summed E-state index contributed by atoms with van der Waals surface area (Å²) in [7, 11) is 3.24. The molecule has 0 aliphatic carbocycles. The Balaban J connectivity index is 1.77. The summed E-state index contributed by atoms with van der Waals surface area (Å²) in [5.74, 6) is 1.40. The Morgan fingerprint density at radius 2 is 2.08 bits per heavy atom. The van der Waals surface area contributed by atoms with Gasteiger partial charge in [-0.05, 0) is 48.7 Å². The highest BCUT2D eigenvalue weighted by atomic mass is 16.5. The highest BCUT2D eigenvalue weighted by Crippen LogP contribution is 2.26. The number of carbonyl (C=O) groups is 1. The van der Waals surface area contributed by atoms with Gasteiger partial charge in [-0.15, -0.1) is 0 Å². The van der Waals surface area contributed by atoms with Gasteiger partial charge in [-0.2, -0.15) is 0 Å². The standard InChI is InChI=1S/C19H22N2O3/c1-23-14-8-9-18(24-2)13(11-14)12-21-19(22)16-5-3-7-17-15(16)6-4-10-20-17/h3,5,7-9,11,20H,4,6,10,12H2,1-2H3,(H,21,22). The summed E-state index contributed by atoms with van der Waals surface area (Å²) in [5, 5.41) is 6.34. The molecule has 1 aliphatic heterocycles. The maximum Gasteiger partial charge on any atom is 0.251 e. The number of amides is 1. The number of carbonyl (C=O) groups excluding carboxylic acids is 1. The molecular weight excluding hydrogens is 304 g/mol. The number of nitrogens with one attached hydrogen (secondary N) is 2. The van der Waals surface area contributed by atoms with E-state index in [1.54, 1.807) is 14.2 Å². The first-order valence-electron chi connectivity index (χ1n) is 8.08. The largest absolute Gasteiger partial charge is 0.497 e. The number of benzene rings is 2. The molecule has 2 aromatic rings. The van der Waals surface area contributed by atoms with Crippen molar-refractivity contribution in [1.82, 2.24) is 5.32 Å². The van der Waals surface area contributed by atoms with E-state index in [0.29, 0.717) is 6.54 Å². The minimum atomic E-state index is -0.0691. The number of rotatable bonds is 5. The van der Waals surface area contributed by atoms with Crippen LogP contribution in [-0.2, 0) is 13.0 Å². The highest BCUT2D eigenvalue weighted by Gasteiger charge is 2.17. The van der Waals surface area contributed by atoms with Gasteiger partial charge >= 0.3 is 0 Å². The average molecular weight is 326 g/mol. The van der Waals surface area contributed by atoms with Crippen LogP contribution in [0.15, 0.2) is 36.4 Å². The molecule has 126 valence electrons.